The minimum atomic E-state index is 0.0485. The quantitative estimate of drug-likeness (QED) is 0.768. The van der Waals surface area contributed by atoms with E-state index in [-0.39, 0.29) is 17.7 Å². The maximum Gasteiger partial charge on any atom is 0.225 e. The number of carbonyl (C=O) groups is 2. The van der Waals surface area contributed by atoms with Crippen LogP contribution in [0.1, 0.15) is 46.5 Å². The minimum absolute atomic E-state index is 0.0485. The Morgan fingerprint density at radius 2 is 1.67 bits per heavy atom. The molecule has 0 saturated carbocycles. The Hall–Kier alpha value is -1.06. The summed E-state index contributed by atoms with van der Waals surface area (Å²) in [5, 5.41) is 0. The van der Waals surface area contributed by atoms with Gasteiger partial charge >= 0.3 is 0 Å². The molecule has 1 aliphatic rings. The van der Waals surface area contributed by atoms with Gasteiger partial charge in [-0.05, 0) is 12.8 Å². The monoisotopic (exact) mass is 254 g/mol. The predicted molar refractivity (Wildman–Crippen MR) is 72.1 cm³/mol. The fraction of sp³-hybridized carbons (Fsp3) is 0.857. The van der Waals surface area contributed by atoms with Crippen LogP contribution in [-0.2, 0) is 9.59 Å². The third-order valence-electron chi connectivity index (χ3n) is 3.40. The van der Waals surface area contributed by atoms with Crippen LogP contribution in [0.15, 0.2) is 0 Å². The first-order chi connectivity index (χ1) is 8.56. The molecular weight excluding hydrogens is 228 g/mol. The van der Waals surface area contributed by atoms with Crippen molar-refractivity contribution in [1.82, 2.24) is 9.80 Å². The van der Waals surface area contributed by atoms with E-state index < -0.39 is 0 Å². The molecule has 0 aromatic heterocycles. The van der Waals surface area contributed by atoms with Crippen molar-refractivity contribution in [3.05, 3.63) is 0 Å². The van der Waals surface area contributed by atoms with Crippen molar-refractivity contribution in [2.75, 3.05) is 26.2 Å². The van der Waals surface area contributed by atoms with Gasteiger partial charge in [-0.2, -0.15) is 0 Å². The van der Waals surface area contributed by atoms with Crippen molar-refractivity contribution in [3.8, 4) is 0 Å². The van der Waals surface area contributed by atoms with Crippen molar-refractivity contribution >= 4 is 11.8 Å². The van der Waals surface area contributed by atoms with E-state index in [1.54, 1.807) is 0 Å². The number of hydrogen-bond acceptors (Lipinski definition) is 2. The Kier molecular flexibility index (Phi) is 6.16. The maximum absolute atomic E-state index is 11.9. The Labute approximate surface area is 110 Å². The van der Waals surface area contributed by atoms with Gasteiger partial charge < -0.3 is 9.80 Å². The van der Waals surface area contributed by atoms with Gasteiger partial charge in [-0.3, -0.25) is 9.59 Å². The number of hydrogen-bond donors (Lipinski definition) is 0. The summed E-state index contributed by atoms with van der Waals surface area (Å²) in [5.74, 6) is 0.501. The molecule has 0 atom stereocenters. The molecule has 4 heteroatoms. The second kappa shape index (κ2) is 7.39. The van der Waals surface area contributed by atoms with Crippen LogP contribution in [0.5, 0.6) is 0 Å². The summed E-state index contributed by atoms with van der Waals surface area (Å²) in [6.45, 7) is 8.92. The topological polar surface area (TPSA) is 40.6 Å². The molecule has 0 aromatic rings. The van der Waals surface area contributed by atoms with Crippen LogP contribution in [0.2, 0.25) is 0 Å². The van der Waals surface area contributed by atoms with E-state index in [0.717, 1.165) is 32.4 Å². The highest BCUT2D eigenvalue weighted by molar-refractivity contribution is 5.79. The van der Waals surface area contributed by atoms with Gasteiger partial charge in [-0.15, -0.1) is 0 Å². The Morgan fingerprint density at radius 3 is 2.28 bits per heavy atom. The third kappa shape index (κ3) is 4.31. The van der Waals surface area contributed by atoms with E-state index in [0.29, 0.717) is 19.5 Å². The smallest absolute Gasteiger partial charge is 0.225 e. The van der Waals surface area contributed by atoms with E-state index in [1.165, 1.54) is 0 Å². The van der Waals surface area contributed by atoms with Crippen LogP contribution >= 0.6 is 0 Å². The maximum atomic E-state index is 11.9. The average molecular weight is 254 g/mol. The Bertz CT molecular complexity index is 290. The molecule has 4 nitrogen and oxygen atoms in total. The molecule has 0 bridgehead atoms. The molecule has 104 valence electrons. The Balaban J connectivity index is 2.45. The SMILES string of the molecule is CCCCC(=O)N1CCCN(C(=O)C(C)C)CC1. The number of carbonyl (C=O) groups excluding carboxylic acids is 2. The highest BCUT2D eigenvalue weighted by atomic mass is 16.2. The first-order valence-electron chi connectivity index (χ1n) is 7.12. The Morgan fingerprint density at radius 1 is 1.06 bits per heavy atom. The van der Waals surface area contributed by atoms with Gasteiger partial charge in [0.15, 0.2) is 0 Å². The second-order valence-electron chi connectivity index (χ2n) is 5.32. The van der Waals surface area contributed by atoms with Gasteiger partial charge in [0.2, 0.25) is 11.8 Å². The molecule has 0 aliphatic carbocycles. The van der Waals surface area contributed by atoms with Gasteiger partial charge in [-0.25, -0.2) is 0 Å². The van der Waals surface area contributed by atoms with Crippen molar-refractivity contribution in [2.24, 2.45) is 5.92 Å². The van der Waals surface area contributed by atoms with Gasteiger partial charge in [-0.1, -0.05) is 27.2 Å². The fourth-order valence-electron chi connectivity index (χ4n) is 2.24. The molecule has 1 heterocycles. The molecular formula is C14H26N2O2. The van der Waals surface area contributed by atoms with Gasteiger partial charge in [0.25, 0.3) is 0 Å². The molecule has 0 radical (unpaired) electrons. The van der Waals surface area contributed by atoms with E-state index >= 15 is 0 Å². The zero-order valence-corrected chi connectivity index (χ0v) is 11.9. The van der Waals surface area contributed by atoms with Crippen LogP contribution in [0, 0.1) is 5.92 Å². The fourth-order valence-corrected chi connectivity index (χ4v) is 2.24. The summed E-state index contributed by atoms with van der Waals surface area (Å²) in [6, 6.07) is 0. The normalized spacial score (nSPS) is 16.9. The highest BCUT2D eigenvalue weighted by Crippen LogP contribution is 2.09. The van der Waals surface area contributed by atoms with Gasteiger partial charge in [0.05, 0.1) is 0 Å². The largest absolute Gasteiger partial charge is 0.341 e. The molecule has 0 N–H and O–H groups in total. The van der Waals surface area contributed by atoms with Crippen LogP contribution in [0.25, 0.3) is 0 Å². The highest BCUT2D eigenvalue weighted by Gasteiger charge is 2.22. The summed E-state index contributed by atoms with van der Waals surface area (Å²) in [6.07, 6.45) is 3.56. The summed E-state index contributed by atoms with van der Waals surface area (Å²) in [4.78, 5) is 27.7. The number of nitrogens with zero attached hydrogens (tertiary/aromatic N) is 2. The van der Waals surface area contributed by atoms with Crippen molar-refractivity contribution in [1.29, 1.82) is 0 Å². The predicted octanol–water partition coefficient (Wildman–Crippen LogP) is 1.89. The van der Waals surface area contributed by atoms with Gasteiger partial charge in [0.1, 0.15) is 0 Å². The zero-order chi connectivity index (χ0) is 13.5. The van der Waals surface area contributed by atoms with Crippen LogP contribution in [0.4, 0.5) is 0 Å². The molecule has 0 aromatic carbocycles. The summed E-state index contributed by atoms with van der Waals surface area (Å²) >= 11 is 0. The van der Waals surface area contributed by atoms with Crippen LogP contribution < -0.4 is 0 Å². The van der Waals surface area contributed by atoms with E-state index in [4.69, 9.17) is 0 Å². The van der Waals surface area contributed by atoms with E-state index in [1.807, 2.05) is 23.6 Å². The van der Waals surface area contributed by atoms with E-state index in [9.17, 15) is 9.59 Å². The van der Waals surface area contributed by atoms with Crippen LogP contribution in [-0.4, -0.2) is 47.8 Å². The number of amides is 2. The van der Waals surface area contributed by atoms with E-state index in [2.05, 4.69) is 6.92 Å². The molecule has 0 spiro atoms. The summed E-state index contributed by atoms with van der Waals surface area (Å²) in [5.41, 5.74) is 0. The lowest BCUT2D eigenvalue weighted by atomic mass is 10.2. The second-order valence-corrected chi connectivity index (χ2v) is 5.32. The minimum Gasteiger partial charge on any atom is -0.341 e. The lowest BCUT2D eigenvalue weighted by Gasteiger charge is -2.23. The molecule has 1 fully saturated rings. The zero-order valence-electron chi connectivity index (χ0n) is 11.9. The molecule has 1 saturated heterocycles. The lowest BCUT2D eigenvalue weighted by molar-refractivity contribution is -0.135. The lowest BCUT2D eigenvalue weighted by Crippen LogP contribution is -2.38. The van der Waals surface area contributed by atoms with Crippen molar-refractivity contribution in [3.63, 3.8) is 0 Å². The molecule has 1 rings (SSSR count). The summed E-state index contributed by atoms with van der Waals surface area (Å²) in [7, 11) is 0. The van der Waals surface area contributed by atoms with Crippen LogP contribution in [0.3, 0.4) is 0 Å². The van der Waals surface area contributed by atoms with Gasteiger partial charge in [0, 0.05) is 38.5 Å². The number of rotatable bonds is 4. The molecule has 18 heavy (non-hydrogen) atoms. The third-order valence-corrected chi connectivity index (χ3v) is 3.40. The van der Waals surface area contributed by atoms with Crippen molar-refractivity contribution in [2.45, 2.75) is 46.5 Å². The molecule has 2 amide bonds. The summed E-state index contributed by atoms with van der Waals surface area (Å²) < 4.78 is 0. The standard InChI is InChI=1S/C14H26N2O2/c1-4-5-7-13(17)15-8-6-9-16(11-10-15)14(18)12(2)3/h12H,4-11H2,1-3H3. The molecule has 1 aliphatic heterocycles. The first kappa shape index (κ1) is 15.0. The first-order valence-corrected chi connectivity index (χ1v) is 7.12. The average Bonchev–Trinajstić information content (AvgIpc) is 2.60. The number of unbranched alkanes of at least 4 members (excludes halogenated alkanes) is 1. The molecule has 0 unspecified atom stereocenters. The van der Waals surface area contributed by atoms with Crippen molar-refractivity contribution < 1.29 is 9.59 Å².